The quantitative estimate of drug-likeness (QED) is 0.492. The smallest absolute Gasteiger partial charge is 0.243 e. The van der Waals surface area contributed by atoms with E-state index in [1.54, 1.807) is 0 Å². The van der Waals surface area contributed by atoms with Crippen molar-refractivity contribution in [1.82, 2.24) is 4.72 Å². The van der Waals surface area contributed by atoms with Crippen LogP contribution in [0, 0.1) is 5.82 Å². The SMILES string of the molecule is C/C=C/CCNS(=O)(=O)c1cc(N)c(Br)cc1F. The van der Waals surface area contributed by atoms with Gasteiger partial charge in [-0.2, -0.15) is 0 Å². The molecule has 100 valence electrons. The second-order valence-corrected chi connectivity index (χ2v) is 6.15. The van der Waals surface area contributed by atoms with Crippen LogP contribution in [-0.4, -0.2) is 15.0 Å². The van der Waals surface area contributed by atoms with Gasteiger partial charge >= 0.3 is 0 Å². The van der Waals surface area contributed by atoms with Gasteiger partial charge in [0.1, 0.15) is 10.7 Å². The monoisotopic (exact) mass is 336 g/mol. The molecule has 0 fully saturated rings. The summed E-state index contributed by atoms with van der Waals surface area (Å²) in [5.41, 5.74) is 5.72. The van der Waals surface area contributed by atoms with Gasteiger partial charge in [0.15, 0.2) is 0 Å². The first-order chi connectivity index (χ1) is 8.38. The second-order valence-electron chi connectivity index (χ2n) is 3.56. The summed E-state index contributed by atoms with van der Waals surface area (Å²) < 4.78 is 39.9. The Morgan fingerprint density at radius 2 is 2.17 bits per heavy atom. The highest BCUT2D eigenvalue weighted by Crippen LogP contribution is 2.25. The minimum Gasteiger partial charge on any atom is -0.398 e. The lowest BCUT2D eigenvalue weighted by atomic mass is 10.3. The lowest BCUT2D eigenvalue weighted by Crippen LogP contribution is -2.25. The van der Waals surface area contributed by atoms with Crippen molar-refractivity contribution >= 4 is 31.6 Å². The van der Waals surface area contributed by atoms with E-state index in [1.807, 2.05) is 19.1 Å². The van der Waals surface area contributed by atoms with Gasteiger partial charge < -0.3 is 5.73 Å². The Bertz CT molecular complexity index is 558. The van der Waals surface area contributed by atoms with E-state index in [4.69, 9.17) is 5.73 Å². The van der Waals surface area contributed by atoms with E-state index in [0.29, 0.717) is 10.9 Å². The van der Waals surface area contributed by atoms with Crippen LogP contribution in [0.2, 0.25) is 0 Å². The number of sulfonamides is 1. The molecule has 0 amide bonds. The summed E-state index contributed by atoms with van der Waals surface area (Å²) >= 11 is 3.03. The number of nitrogens with two attached hydrogens (primary N) is 1. The number of hydrogen-bond acceptors (Lipinski definition) is 3. The first-order valence-electron chi connectivity index (χ1n) is 5.24. The van der Waals surface area contributed by atoms with Gasteiger partial charge in [0.05, 0.1) is 0 Å². The number of nitrogen functional groups attached to an aromatic ring is 1. The minimum atomic E-state index is -3.87. The predicted octanol–water partition coefficient (Wildman–Crippen LogP) is 2.41. The summed E-state index contributed by atoms with van der Waals surface area (Å²) in [7, 11) is -3.87. The zero-order valence-corrected chi connectivity index (χ0v) is 12.2. The number of allylic oxidation sites excluding steroid dienone is 1. The number of rotatable bonds is 5. The molecule has 1 aromatic rings. The normalized spacial score (nSPS) is 12.2. The maximum Gasteiger partial charge on any atom is 0.243 e. The Hall–Kier alpha value is -0.920. The lowest BCUT2D eigenvalue weighted by molar-refractivity contribution is 0.557. The van der Waals surface area contributed by atoms with Crippen molar-refractivity contribution in [3.63, 3.8) is 0 Å². The molecule has 0 radical (unpaired) electrons. The summed E-state index contributed by atoms with van der Waals surface area (Å²) in [6, 6.07) is 2.13. The van der Waals surface area contributed by atoms with Gasteiger partial charge in [-0.25, -0.2) is 17.5 Å². The first kappa shape index (κ1) is 15.1. The van der Waals surface area contributed by atoms with Gasteiger partial charge in [-0.05, 0) is 41.4 Å². The first-order valence-corrected chi connectivity index (χ1v) is 7.51. The molecular formula is C11H14BrFN2O2S. The van der Waals surface area contributed by atoms with Crippen LogP contribution in [0.3, 0.4) is 0 Å². The third kappa shape index (κ3) is 3.79. The molecule has 0 aliphatic rings. The second kappa shape index (κ2) is 6.31. The maximum absolute atomic E-state index is 13.6. The van der Waals surface area contributed by atoms with E-state index in [1.165, 1.54) is 0 Å². The van der Waals surface area contributed by atoms with Crippen molar-refractivity contribution in [3.05, 3.63) is 34.6 Å². The number of hydrogen-bond donors (Lipinski definition) is 2. The van der Waals surface area contributed by atoms with Crippen LogP contribution in [0.25, 0.3) is 0 Å². The van der Waals surface area contributed by atoms with Crippen molar-refractivity contribution in [2.45, 2.75) is 18.2 Å². The summed E-state index contributed by atoms with van der Waals surface area (Å²) in [5, 5.41) is 0. The largest absolute Gasteiger partial charge is 0.398 e. The van der Waals surface area contributed by atoms with E-state index in [2.05, 4.69) is 20.7 Å². The van der Waals surface area contributed by atoms with Gasteiger partial charge in [0.25, 0.3) is 0 Å². The topological polar surface area (TPSA) is 72.2 Å². The van der Waals surface area contributed by atoms with Crippen LogP contribution >= 0.6 is 15.9 Å². The van der Waals surface area contributed by atoms with Crippen molar-refractivity contribution in [2.75, 3.05) is 12.3 Å². The Labute approximate surface area is 114 Å². The molecule has 0 saturated carbocycles. The highest BCUT2D eigenvalue weighted by Gasteiger charge is 2.19. The molecule has 0 aliphatic carbocycles. The molecule has 0 bridgehead atoms. The van der Waals surface area contributed by atoms with E-state index in [9.17, 15) is 12.8 Å². The molecule has 4 nitrogen and oxygen atoms in total. The van der Waals surface area contributed by atoms with E-state index < -0.39 is 20.7 Å². The molecule has 0 spiro atoms. The van der Waals surface area contributed by atoms with E-state index in [0.717, 1.165) is 12.1 Å². The molecule has 0 atom stereocenters. The maximum atomic E-state index is 13.6. The Morgan fingerprint density at radius 1 is 1.50 bits per heavy atom. The fourth-order valence-electron chi connectivity index (χ4n) is 1.27. The molecule has 3 N–H and O–H groups in total. The Kier molecular flexibility index (Phi) is 5.30. The molecule has 18 heavy (non-hydrogen) atoms. The van der Waals surface area contributed by atoms with E-state index in [-0.39, 0.29) is 12.2 Å². The molecule has 0 aromatic heterocycles. The lowest BCUT2D eigenvalue weighted by Gasteiger charge is -2.08. The molecule has 1 rings (SSSR count). The van der Waals surface area contributed by atoms with Crippen molar-refractivity contribution in [2.24, 2.45) is 0 Å². The number of benzene rings is 1. The highest BCUT2D eigenvalue weighted by atomic mass is 79.9. The van der Waals surface area contributed by atoms with Gasteiger partial charge in [0.2, 0.25) is 10.0 Å². The van der Waals surface area contributed by atoms with Crippen molar-refractivity contribution < 1.29 is 12.8 Å². The molecule has 0 heterocycles. The van der Waals surface area contributed by atoms with Gasteiger partial charge in [-0.3, -0.25) is 0 Å². The molecule has 0 saturated heterocycles. The molecule has 1 aromatic carbocycles. The third-order valence-electron chi connectivity index (χ3n) is 2.18. The van der Waals surface area contributed by atoms with Gasteiger partial charge in [0, 0.05) is 16.7 Å². The molecular weight excluding hydrogens is 323 g/mol. The summed E-state index contributed by atoms with van der Waals surface area (Å²) in [4.78, 5) is -0.441. The third-order valence-corrected chi connectivity index (χ3v) is 4.34. The fourth-order valence-corrected chi connectivity index (χ4v) is 2.73. The molecule has 0 aliphatic heterocycles. The average Bonchev–Trinajstić information content (AvgIpc) is 2.29. The molecule has 0 unspecified atom stereocenters. The Morgan fingerprint density at radius 3 is 2.78 bits per heavy atom. The standard InChI is InChI=1S/C11H14BrFN2O2S/c1-2-3-4-5-15-18(16,17)11-7-10(14)8(12)6-9(11)13/h2-3,6-7,15H,4-5,14H2,1H3/b3-2+. The van der Waals surface area contributed by atoms with Crippen LogP contribution in [0.4, 0.5) is 10.1 Å². The van der Waals surface area contributed by atoms with E-state index >= 15 is 0 Å². The number of halogens is 2. The van der Waals surface area contributed by atoms with Crippen molar-refractivity contribution in [1.29, 1.82) is 0 Å². The fraction of sp³-hybridized carbons (Fsp3) is 0.273. The number of nitrogens with one attached hydrogen (secondary N) is 1. The summed E-state index contributed by atoms with van der Waals surface area (Å²) in [5.74, 6) is -0.838. The zero-order valence-electron chi connectivity index (χ0n) is 9.78. The van der Waals surface area contributed by atoms with Crippen LogP contribution in [0.5, 0.6) is 0 Å². The number of anilines is 1. The predicted molar refractivity (Wildman–Crippen MR) is 73.1 cm³/mol. The van der Waals surface area contributed by atoms with Gasteiger partial charge in [-0.15, -0.1) is 0 Å². The summed E-state index contributed by atoms with van der Waals surface area (Å²) in [6.07, 6.45) is 4.17. The zero-order chi connectivity index (χ0) is 13.8. The Balaban J connectivity index is 2.95. The van der Waals surface area contributed by atoms with Crippen LogP contribution < -0.4 is 10.5 Å². The summed E-state index contributed by atoms with van der Waals surface area (Å²) in [6.45, 7) is 2.05. The average molecular weight is 337 g/mol. The molecule has 7 heteroatoms. The van der Waals surface area contributed by atoms with Crippen molar-refractivity contribution in [3.8, 4) is 0 Å². The van der Waals surface area contributed by atoms with Gasteiger partial charge in [-0.1, -0.05) is 12.2 Å². The van der Waals surface area contributed by atoms with Crippen LogP contribution in [0.1, 0.15) is 13.3 Å². The van der Waals surface area contributed by atoms with Crippen LogP contribution in [-0.2, 0) is 10.0 Å². The highest BCUT2D eigenvalue weighted by molar-refractivity contribution is 9.10. The van der Waals surface area contributed by atoms with Crippen LogP contribution in [0.15, 0.2) is 33.7 Å². The minimum absolute atomic E-state index is 0.172.